The van der Waals surface area contributed by atoms with Crippen molar-refractivity contribution in [1.29, 1.82) is 0 Å². The van der Waals surface area contributed by atoms with Gasteiger partial charge in [0.1, 0.15) is 5.75 Å². The van der Waals surface area contributed by atoms with Crippen LogP contribution in [0.3, 0.4) is 0 Å². The van der Waals surface area contributed by atoms with E-state index in [0.29, 0.717) is 5.75 Å². The minimum absolute atomic E-state index is 0.157. The van der Waals surface area contributed by atoms with E-state index in [9.17, 15) is 9.90 Å². The fourth-order valence-electron chi connectivity index (χ4n) is 2.95. The lowest BCUT2D eigenvalue weighted by atomic mass is 10.0. The first kappa shape index (κ1) is 13.9. The van der Waals surface area contributed by atoms with Gasteiger partial charge in [-0.2, -0.15) is 0 Å². The number of phenols is 1. The van der Waals surface area contributed by atoms with Crippen LogP contribution in [-0.2, 0) is 11.3 Å². The van der Waals surface area contributed by atoms with Crippen LogP contribution in [-0.4, -0.2) is 47.0 Å². The molecule has 0 aromatic heterocycles. The second-order valence-corrected chi connectivity index (χ2v) is 5.57. The van der Waals surface area contributed by atoms with Gasteiger partial charge in [0.15, 0.2) is 0 Å². The van der Waals surface area contributed by atoms with Crippen LogP contribution in [0, 0.1) is 0 Å². The summed E-state index contributed by atoms with van der Waals surface area (Å²) in [4.78, 5) is 15.6. The number of carbonyl (C=O) groups is 1. The first-order valence-corrected chi connectivity index (χ1v) is 7.32. The van der Waals surface area contributed by atoms with Gasteiger partial charge in [-0.05, 0) is 17.0 Å². The summed E-state index contributed by atoms with van der Waals surface area (Å²) in [6.07, 6.45) is 0. The Hall–Kier alpha value is -2.07. The Morgan fingerprint density at radius 2 is 1.71 bits per heavy atom. The molecular weight excluding hydrogens is 264 g/mol. The first-order chi connectivity index (χ1) is 10.1. The minimum atomic E-state index is 0.157. The molecule has 3 rings (SSSR count). The number of hydrogen-bond acceptors (Lipinski definition) is 3. The van der Waals surface area contributed by atoms with Gasteiger partial charge in [-0.15, -0.1) is 0 Å². The third-order valence-corrected chi connectivity index (χ3v) is 4.20. The van der Waals surface area contributed by atoms with Gasteiger partial charge in [0, 0.05) is 45.0 Å². The van der Waals surface area contributed by atoms with E-state index < -0.39 is 0 Å². The Kier molecular flexibility index (Phi) is 3.80. The van der Waals surface area contributed by atoms with Crippen LogP contribution < -0.4 is 0 Å². The average molecular weight is 284 g/mol. The van der Waals surface area contributed by atoms with Gasteiger partial charge in [-0.1, -0.05) is 30.3 Å². The van der Waals surface area contributed by atoms with Crippen molar-refractivity contribution in [2.24, 2.45) is 0 Å². The van der Waals surface area contributed by atoms with E-state index in [4.69, 9.17) is 0 Å². The maximum absolute atomic E-state index is 11.4. The lowest BCUT2D eigenvalue weighted by Crippen LogP contribution is -2.47. The molecule has 21 heavy (non-hydrogen) atoms. The Bertz CT molecular complexity index is 661. The molecule has 0 saturated carbocycles. The summed E-state index contributed by atoms with van der Waals surface area (Å²) in [6, 6.07) is 11.7. The summed E-state index contributed by atoms with van der Waals surface area (Å²) in [5, 5.41) is 11.9. The van der Waals surface area contributed by atoms with E-state index in [0.717, 1.165) is 43.5 Å². The number of aromatic hydroxyl groups is 1. The number of nitrogens with zero attached hydrogens (tertiary/aromatic N) is 2. The molecule has 0 spiro atoms. The number of piperazine rings is 1. The molecule has 0 unspecified atom stereocenters. The summed E-state index contributed by atoms with van der Waals surface area (Å²) in [6.45, 7) is 5.87. The van der Waals surface area contributed by atoms with E-state index in [1.54, 1.807) is 13.0 Å². The number of hydrogen-bond donors (Lipinski definition) is 1. The molecule has 110 valence electrons. The van der Waals surface area contributed by atoms with E-state index in [-0.39, 0.29) is 5.91 Å². The number of amides is 1. The molecule has 2 aromatic carbocycles. The largest absolute Gasteiger partial charge is 0.507 e. The molecular formula is C17H20N2O2. The van der Waals surface area contributed by atoms with Gasteiger partial charge in [-0.25, -0.2) is 0 Å². The molecule has 1 amide bonds. The predicted molar refractivity (Wildman–Crippen MR) is 83.1 cm³/mol. The molecule has 0 bridgehead atoms. The fraction of sp³-hybridized carbons (Fsp3) is 0.353. The molecule has 1 aliphatic rings. The van der Waals surface area contributed by atoms with Gasteiger partial charge >= 0.3 is 0 Å². The highest BCUT2D eigenvalue weighted by Gasteiger charge is 2.19. The fourth-order valence-corrected chi connectivity index (χ4v) is 2.95. The molecule has 1 fully saturated rings. The Labute approximate surface area is 124 Å². The number of carbonyl (C=O) groups excluding carboxylic acids is 1. The Morgan fingerprint density at radius 3 is 2.38 bits per heavy atom. The van der Waals surface area contributed by atoms with Gasteiger partial charge < -0.3 is 10.0 Å². The summed E-state index contributed by atoms with van der Waals surface area (Å²) in [5.74, 6) is 0.487. The average Bonchev–Trinajstić information content (AvgIpc) is 2.51. The van der Waals surface area contributed by atoms with Crippen LogP contribution in [0.1, 0.15) is 12.5 Å². The molecule has 4 heteroatoms. The lowest BCUT2D eigenvalue weighted by Gasteiger charge is -2.34. The second-order valence-electron chi connectivity index (χ2n) is 5.57. The van der Waals surface area contributed by atoms with Gasteiger partial charge in [0.05, 0.1) is 0 Å². The molecule has 0 aliphatic carbocycles. The molecule has 1 saturated heterocycles. The zero-order valence-corrected chi connectivity index (χ0v) is 12.2. The first-order valence-electron chi connectivity index (χ1n) is 7.32. The van der Waals surface area contributed by atoms with Crippen LogP contribution in [0.25, 0.3) is 10.8 Å². The van der Waals surface area contributed by atoms with Gasteiger partial charge in [0.2, 0.25) is 5.91 Å². The van der Waals surface area contributed by atoms with Gasteiger partial charge in [0.25, 0.3) is 0 Å². The highest BCUT2D eigenvalue weighted by molar-refractivity contribution is 5.90. The topological polar surface area (TPSA) is 43.8 Å². The van der Waals surface area contributed by atoms with Crippen molar-refractivity contribution in [3.8, 4) is 5.75 Å². The highest BCUT2D eigenvalue weighted by atomic mass is 16.3. The molecule has 4 nitrogen and oxygen atoms in total. The van der Waals surface area contributed by atoms with Crippen molar-refractivity contribution in [2.75, 3.05) is 26.2 Å². The van der Waals surface area contributed by atoms with Crippen molar-refractivity contribution in [2.45, 2.75) is 13.5 Å². The van der Waals surface area contributed by atoms with Crippen molar-refractivity contribution < 1.29 is 9.90 Å². The summed E-state index contributed by atoms with van der Waals surface area (Å²) >= 11 is 0. The van der Waals surface area contributed by atoms with Crippen LogP contribution in [0.5, 0.6) is 5.75 Å². The quantitative estimate of drug-likeness (QED) is 0.919. The van der Waals surface area contributed by atoms with E-state index in [2.05, 4.69) is 11.0 Å². The highest BCUT2D eigenvalue weighted by Crippen LogP contribution is 2.28. The van der Waals surface area contributed by atoms with Crippen LogP contribution in [0.2, 0.25) is 0 Å². The molecule has 0 radical (unpaired) electrons. The van der Waals surface area contributed by atoms with Crippen LogP contribution >= 0.6 is 0 Å². The second kappa shape index (κ2) is 5.74. The van der Waals surface area contributed by atoms with Crippen molar-refractivity contribution in [3.63, 3.8) is 0 Å². The summed E-state index contributed by atoms with van der Waals surface area (Å²) < 4.78 is 0. The monoisotopic (exact) mass is 284 g/mol. The SMILES string of the molecule is CC(=O)N1CCN(Cc2ccc(O)c3ccccc23)CC1. The number of rotatable bonds is 2. The minimum Gasteiger partial charge on any atom is -0.507 e. The number of benzene rings is 2. The molecule has 1 heterocycles. The van der Waals surface area contributed by atoms with E-state index >= 15 is 0 Å². The third kappa shape index (κ3) is 2.85. The standard InChI is InChI=1S/C17H20N2O2/c1-13(20)19-10-8-18(9-11-19)12-14-6-7-17(21)16-5-3-2-4-15(14)16/h2-7,21H,8-12H2,1H3. The molecule has 1 N–H and O–H groups in total. The van der Waals surface area contributed by atoms with Crippen molar-refractivity contribution in [1.82, 2.24) is 9.80 Å². The maximum Gasteiger partial charge on any atom is 0.219 e. The van der Waals surface area contributed by atoms with Crippen LogP contribution in [0.4, 0.5) is 0 Å². The zero-order chi connectivity index (χ0) is 14.8. The van der Waals surface area contributed by atoms with Crippen LogP contribution in [0.15, 0.2) is 36.4 Å². The smallest absolute Gasteiger partial charge is 0.219 e. The molecule has 1 aliphatic heterocycles. The zero-order valence-electron chi connectivity index (χ0n) is 12.2. The van der Waals surface area contributed by atoms with Crippen molar-refractivity contribution >= 4 is 16.7 Å². The molecule has 2 aromatic rings. The predicted octanol–water partition coefficient (Wildman–Crippen LogP) is 2.21. The Morgan fingerprint density at radius 1 is 1.05 bits per heavy atom. The summed E-state index contributed by atoms with van der Waals surface area (Å²) in [7, 11) is 0. The summed E-state index contributed by atoms with van der Waals surface area (Å²) in [5.41, 5.74) is 1.22. The molecule has 0 atom stereocenters. The lowest BCUT2D eigenvalue weighted by molar-refractivity contribution is -0.130. The van der Waals surface area contributed by atoms with E-state index in [1.807, 2.05) is 29.2 Å². The number of phenolic OH excluding ortho intramolecular Hbond substituents is 1. The normalized spacial score (nSPS) is 16.3. The van der Waals surface area contributed by atoms with Crippen molar-refractivity contribution in [3.05, 3.63) is 42.0 Å². The number of fused-ring (bicyclic) bond motifs is 1. The maximum atomic E-state index is 11.4. The van der Waals surface area contributed by atoms with Gasteiger partial charge in [-0.3, -0.25) is 9.69 Å². The third-order valence-electron chi connectivity index (χ3n) is 4.20. The Balaban J connectivity index is 1.77. The van der Waals surface area contributed by atoms with E-state index in [1.165, 1.54) is 5.56 Å².